The molecule has 0 saturated carbocycles. The molecule has 1 N–H and O–H groups in total. The van der Waals surface area contributed by atoms with E-state index in [9.17, 15) is 0 Å². The minimum Gasteiger partial charge on any atom is -0.344 e. The Balaban J connectivity index is 0.983. The number of allylic oxidation sites excluding steroid dienone is 2. The number of rotatable bonds is 5. The zero-order valence-corrected chi connectivity index (χ0v) is 32.4. The van der Waals surface area contributed by atoms with Gasteiger partial charge in [0, 0.05) is 73.5 Å². The summed E-state index contributed by atoms with van der Waals surface area (Å²) in [5.74, 6) is 1.63. The second-order valence-corrected chi connectivity index (χ2v) is 17.0. The van der Waals surface area contributed by atoms with E-state index in [1.807, 2.05) is 28.7 Å². The zero-order chi connectivity index (χ0) is 37.5. The number of fused-ring (bicyclic) bond motifs is 9. The largest absolute Gasteiger partial charge is 0.344 e. The normalized spacial score (nSPS) is 15.8. The van der Waals surface area contributed by atoms with Crippen LogP contribution in [0.5, 0.6) is 0 Å². The maximum absolute atomic E-state index is 5.17. The molecule has 0 spiro atoms. The van der Waals surface area contributed by atoms with Crippen molar-refractivity contribution in [2.24, 2.45) is 9.98 Å². The van der Waals surface area contributed by atoms with Crippen LogP contribution < -0.4 is 5.32 Å². The Bertz CT molecular complexity index is 3340. The number of amidine groups is 2. The van der Waals surface area contributed by atoms with E-state index in [2.05, 4.69) is 174 Å². The number of nitrogens with one attached hydrogen (secondary N) is 1. The SMILES string of the molecule is C1=CC(C2=NC(c3ccc4c(c3)sc3cccc(-c5cccc6c5sc5ccc(-n7c8ccccc8c8ccccc87)cc56)c34)=NC(c3ccccc3)N2)=CCC1. The molecular formula is C51H34N4S2. The van der Waals surface area contributed by atoms with Crippen LogP contribution in [-0.4, -0.2) is 16.2 Å². The van der Waals surface area contributed by atoms with Crippen LogP contribution in [-0.2, 0) is 0 Å². The van der Waals surface area contributed by atoms with Gasteiger partial charge in [-0.2, -0.15) is 0 Å². The van der Waals surface area contributed by atoms with Gasteiger partial charge in [0.1, 0.15) is 12.0 Å². The molecule has 4 heterocycles. The van der Waals surface area contributed by atoms with E-state index >= 15 is 0 Å². The minimum atomic E-state index is -0.213. The molecule has 0 radical (unpaired) electrons. The number of aromatic nitrogens is 1. The van der Waals surface area contributed by atoms with Crippen molar-refractivity contribution in [1.82, 2.24) is 9.88 Å². The van der Waals surface area contributed by atoms with Gasteiger partial charge in [-0.15, -0.1) is 22.7 Å². The summed E-state index contributed by atoms with van der Waals surface area (Å²) in [5.41, 5.74) is 9.46. The summed E-state index contributed by atoms with van der Waals surface area (Å²) in [5, 5.41) is 11.3. The van der Waals surface area contributed by atoms with E-state index in [4.69, 9.17) is 9.98 Å². The molecule has 0 amide bonds. The van der Waals surface area contributed by atoms with Gasteiger partial charge in [-0.3, -0.25) is 0 Å². The van der Waals surface area contributed by atoms with E-state index in [-0.39, 0.29) is 6.17 Å². The molecule has 10 aromatic rings. The van der Waals surface area contributed by atoms with E-state index in [0.717, 1.165) is 41.2 Å². The Hall–Kier alpha value is -6.60. The predicted octanol–water partition coefficient (Wildman–Crippen LogP) is 13.9. The summed E-state index contributed by atoms with van der Waals surface area (Å²) in [4.78, 5) is 10.3. The van der Waals surface area contributed by atoms with Gasteiger partial charge in [-0.1, -0.05) is 127 Å². The fraction of sp³-hybridized carbons (Fsp3) is 0.0588. The molecule has 0 bridgehead atoms. The Kier molecular flexibility index (Phi) is 7.43. The number of para-hydroxylation sites is 2. The van der Waals surface area contributed by atoms with Crippen molar-refractivity contribution in [3.05, 3.63) is 187 Å². The first-order valence-corrected chi connectivity index (χ1v) is 21.1. The van der Waals surface area contributed by atoms with E-state index < -0.39 is 0 Å². The zero-order valence-electron chi connectivity index (χ0n) is 30.8. The van der Waals surface area contributed by atoms with Gasteiger partial charge < -0.3 is 9.88 Å². The van der Waals surface area contributed by atoms with Crippen molar-refractivity contribution in [3.63, 3.8) is 0 Å². The molecule has 7 aromatic carbocycles. The molecule has 3 aromatic heterocycles. The second kappa shape index (κ2) is 13.0. The van der Waals surface area contributed by atoms with Crippen LogP contribution in [0.1, 0.15) is 30.1 Å². The summed E-state index contributed by atoms with van der Waals surface area (Å²) >= 11 is 3.74. The second-order valence-electron chi connectivity index (χ2n) is 14.8. The maximum Gasteiger partial charge on any atom is 0.159 e. The van der Waals surface area contributed by atoms with Crippen LogP contribution in [0.2, 0.25) is 0 Å². The first-order chi connectivity index (χ1) is 28.2. The maximum atomic E-state index is 5.17. The molecule has 6 heteroatoms. The van der Waals surface area contributed by atoms with Gasteiger partial charge in [0.05, 0.1) is 11.0 Å². The van der Waals surface area contributed by atoms with Gasteiger partial charge in [-0.05, 0) is 66.4 Å². The summed E-state index contributed by atoms with van der Waals surface area (Å²) < 4.78 is 7.55. The summed E-state index contributed by atoms with van der Waals surface area (Å²) in [6.07, 6.45) is 8.55. The fourth-order valence-electron chi connectivity index (χ4n) is 8.85. The van der Waals surface area contributed by atoms with Gasteiger partial charge in [0.2, 0.25) is 0 Å². The van der Waals surface area contributed by atoms with E-state index in [1.165, 1.54) is 79.0 Å². The summed E-state index contributed by atoms with van der Waals surface area (Å²) in [6.45, 7) is 0. The van der Waals surface area contributed by atoms with Crippen LogP contribution >= 0.6 is 22.7 Å². The molecule has 1 aliphatic heterocycles. The van der Waals surface area contributed by atoms with Gasteiger partial charge in [0.25, 0.3) is 0 Å². The van der Waals surface area contributed by atoms with Crippen molar-refractivity contribution < 1.29 is 0 Å². The van der Waals surface area contributed by atoms with Crippen molar-refractivity contribution >= 4 is 96.5 Å². The molecule has 1 aliphatic carbocycles. The monoisotopic (exact) mass is 766 g/mol. The van der Waals surface area contributed by atoms with Gasteiger partial charge in [0.15, 0.2) is 5.84 Å². The summed E-state index contributed by atoms with van der Waals surface area (Å²) in [6, 6.07) is 55.3. The third kappa shape index (κ3) is 5.25. The number of hydrogen-bond acceptors (Lipinski definition) is 5. The van der Waals surface area contributed by atoms with E-state index in [1.54, 1.807) is 0 Å². The average molecular weight is 767 g/mol. The highest BCUT2D eigenvalue weighted by atomic mass is 32.1. The van der Waals surface area contributed by atoms with Crippen molar-refractivity contribution in [1.29, 1.82) is 0 Å². The van der Waals surface area contributed by atoms with Crippen molar-refractivity contribution in [2.45, 2.75) is 19.0 Å². The predicted molar refractivity (Wildman–Crippen MR) is 245 cm³/mol. The standard InChI is InChI=1S/C51H34N4S2/c1-3-13-31(14-4-1)49-52-50(32-15-5-2-6-16-32)54-51(53-49)33-25-27-40-46(29-33)56-45-24-12-19-37(47(40)45)38-20-11-21-39-41-30-34(26-28-44(41)57-48(38)39)55-42-22-9-7-17-35(42)36-18-8-10-23-43(36)55/h1,3-5,7-30,49H,2,6H2,(H,52,53,54). The molecule has 0 saturated heterocycles. The lowest BCUT2D eigenvalue weighted by molar-refractivity contribution is 0.674. The first kappa shape index (κ1) is 32.6. The molecule has 2 aliphatic rings. The van der Waals surface area contributed by atoms with E-state index in [0.29, 0.717) is 0 Å². The highest BCUT2D eigenvalue weighted by molar-refractivity contribution is 7.27. The molecule has 1 atom stereocenters. The third-order valence-electron chi connectivity index (χ3n) is 11.5. The molecular weight excluding hydrogens is 733 g/mol. The summed E-state index contributed by atoms with van der Waals surface area (Å²) in [7, 11) is 0. The lowest BCUT2D eigenvalue weighted by Crippen LogP contribution is -2.34. The average Bonchev–Trinajstić information content (AvgIpc) is 3.96. The van der Waals surface area contributed by atoms with Crippen LogP contribution in [0.25, 0.3) is 79.0 Å². The molecule has 1 unspecified atom stereocenters. The molecule has 0 fully saturated rings. The smallest absolute Gasteiger partial charge is 0.159 e. The third-order valence-corrected chi connectivity index (χ3v) is 13.8. The van der Waals surface area contributed by atoms with Crippen LogP contribution in [0, 0.1) is 0 Å². The van der Waals surface area contributed by atoms with Crippen molar-refractivity contribution in [3.8, 4) is 16.8 Å². The molecule has 4 nitrogen and oxygen atoms in total. The number of nitrogens with zero attached hydrogens (tertiary/aromatic N) is 3. The molecule has 57 heavy (non-hydrogen) atoms. The highest BCUT2D eigenvalue weighted by Crippen LogP contribution is 2.46. The minimum absolute atomic E-state index is 0.213. The molecule has 12 rings (SSSR count). The Morgan fingerprint density at radius 1 is 0.579 bits per heavy atom. The number of hydrogen-bond donors (Lipinski definition) is 1. The molecule has 270 valence electrons. The van der Waals surface area contributed by atoms with Gasteiger partial charge >= 0.3 is 0 Å². The Morgan fingerprint density at radius 3 is 2.18 bits per heavy atom. The quantitative estimate of drug-likeness (QED) is 0.186. The van der Waals surface area contributed by atoms with Crippen LogP contribution in [0.15, 0.2) is 185 Å². The Morgan fingerprint density at radius 2 is 1.35 bits per heavy atom. The first-order valence-electron chi connectivity index (χ1n) is 19.5. The topological polar surface area (TPSA) is 41.7 Å². The highest BCUT2D eigenvalue weighted by Gasteiger charge is 2.23. The van der Waals surface area contributed by atoms with Gasteiger partial charge in [-0.25, -0.2) is 9.98 Å². The number of thiophene rings is 2. The van der Waals surface area contributed by atoms with Crippen molar-refractivity contribution in [2.75, 3.05) is 0 Å². The fourth-order valence-corrected chi connectivity index (χ4v) is 11.2. The number of aliphatic imine (C=N–C) groups is 2. The Labute approximate surface area is 337 Å². The van der Waals surface area contributed by atoms with Crippen LogP contribution in [0.4, 0.5) is 0 Å². The number of benzene rings is 7. The van der Waals surface area contributed by atoms with Crippen LogP contribution in [0.3, 0.4) is 0 Å². The lowest BCUT2D eigenvalue weighted by atomic mass is 9.97. The lowest BCUT2D eigenvalue weighted by Gasteiger charge is -2.24.